The van der Waals surface area contributed by atoms with Crippen molar-refractivity contribution in [1.82, 2.24) is 9.55 Å². The molecule has 0 amide bonds. The Morgan fingerprint density at radius 3 is 2.71 bits per heavy atom. The number of hydrogen-bond donors (Lipinski definition) is 0. The Bertz CT molecular complexity index is 626. The summed E-state index contributed by atoms with van der Waals surface area (Å²) in [5.74, 6) is 0.726. The fourth-order valence-electron chi connectivity index (χ4n) is 1.82. The third kappa shape index (κ3) is 2.04. The largest absolute Gasteiger partial charge is 0.292 e. The average Bonchev–Trinajstić information content (AvgIpc) is 2.34. The number of allylic oxidation sites excluding steroid dienone is 2. The van der Waals surface area contributed by atoms with Crippen molar-refractivity contribution < 1.29 is 0 Å². The Morgan fingerprint density at radius 1 is 1.24 bits per heavy atom. The van der Waals surface area contributed by atoms with E-state index in [1.165, 1.54) is 0 Å². The molecule has 0 aliphatic rings. The van der Waals surface area contributed by atoms with E-state index in [4.69, 9.17) is 0 Å². The molecule has 1 heterocycles. The van der Waals surface area contributed by atoms with Crippen molar-refractivity contribution in [2.45, 2.75) is 13.0 Å². The average molecular weight is 226 g/mol. The summed E-state index contributed by atoms with van der Waals surface area (Å²) < 4.78 is 1.64. The molecule has 0 saturated heterocycles. The fraction of sp³-hybridized carbons (Fsp3) is 0.143. The first kappa shape index (κ1) is 11.3. The minimum Gasteiger partial charge on any atom is -0.292 e. The number of benzene rings is 1. The molecule has 0 N–H and O–H groups in total. The quantitative estimate of drug-likeness (QED) is 0.750. The first-order valence-electron chi connectivity index (χ1n) is 5.48. The summed E-state index contributed by atoms with van der Waals surface area (Å²) in [6.07, 6.45) is 4.02. The Morgan fingerprint density at radius 2 is 2.00 bits per heavy atom. The molecule has 0 unspecified atom stereocenters. The Labute approximate surface area is 99.7 Å². The van der Waals surface area contributed by atoms with E-state index in [0.717, 1.165) is 11.3 Å². The maximum absolute atomic E-state index is 12.3. The van der Waals surface area contributed by atoms with Crippen LogP contribution in [0.25, 0.3) is 10.9 Å². The van der Waals surface area contributed by atoms with Crippen LogP contribution in [0.4, 0.5) is 0 Å². The van der Waals surface area contributed by atoms with Gasteiger partial charge in [0.1, 0.15) is 5.82 Å². The summed E-state index contributed by atoms with van der Waals surface area (Å²) in [5, 5.41) is 0.641. The van der Waals surface area contributed by atoms with Gasteiger partial charge in [0.2, 0.25) is 0 Å². The molecule has 0 spiro atoms. The molecule has 0 atom stereocenters. The van der Waals surface area contributed by atoms with E-state index in [-0.39, 0.29) is 5.56 Å². The predicted molar refractivity (Wildman–Crippen MR) is 70.1 cm³/mol. The van der Waals surface area contributed by atoms with Gasteiger partial charge in [-0.2, -0.15) is 0 Å². The maximum atomic E-state index is 12.3. The van der Waals surface area contributed by atoms with Gasteiger partial charge in [-0.3, -0.25) is 9.36 Å². The molecule has 3 heteroatoms. The second-order valence-corrected chi connectivity index (χ2v) is 3.74. The molecule has 2 rings (SSSR count). The molecule has 86 valence electrons. The van der Waals surface area contributed by atoms with E-state index in [1.54, 1.807) is 22.8 Å². The second kappa shape index (κ2) is 4.78. The van der Waals surface area contributed by atoms with E-state index in [9.17, 15) is 4.79 Å². The first-order chi connectivity index (χ1) is 8.27. The van der Waals surface area contributed by atoms with Crippen LogP contribution < -0.4 is 5.56 Å². The predicted octanol–water partition coefficient (Wildman–Crippen LogP) is 2.31. The van der Waals surface area contributed by atoms with Crippen molar-refractivity contribution in [1.29, 1.82) is 0 Å². The van der Waals surface area contributed by atoms with Crippen LogP contribution in [0.3, 0.4) is 0 Å². The van der Waals surface area contributed by atoms with E-state index in [0.29, 0.717) is 18.4 Å². The molecule has 17 heavy (non-hydrogen) atoms. The van der Waals surface area contributed by atoms with Gasteiger partial charge in [0.05, 0.1) is 10.9 Å². The Balaban J connectivity index is 2.78. The van der Waals surface area contributed by atoms with Crippen molar-refractivity contribution in [3.8, 4) is 0 Å². The van der Waals surface area contributed by atoms with E-state index >= 15 is 0 Å². The van der Waals surface area contributed by atoms with Gasteiger partial charge in [0, 0.05) is 13.0 Å². The van der Waals surface area contributed by atoms with Gasteiger partial charge in [-0.05, 0) is 12.1 Å². The van der Waals surface area contributed by atoms with Gasteiger partial charge in [-0.1, -0.05) is 24.3 Å². The number of aromatic nitrogens is 2. The van der Waals surface area contributed by atoms with Crippen LogP contribution in [0.5, 0.6) is 0 Å². The van der Waals surface area contributed by atoms with Crippen LogP contribution in [-0.2, 0) is 13.0 Å². The number of rotatable bonds is 4. The lowest BCUT2D eigenvalue weighted by Crippen LogP contribution is -2.24. The van der Waals surface area contributed by atoms with Crippen molar-refractivity contribution in [2.24, 2.45) is 0 Å². The summed E-state index contributed by atoms with van der Waals surface area (Å²) in [7, 11) is 0. The molecule has 0 bridgehead atoms. The van der Waals surface area contributed by atoms with Crippen LogP contribution in [-0.4, -0.2) is 9.55 Å². The smallest absolute Gasteiger partial charge is 0.261 e. The lowest BCUT2D eigenvalue weighted by Gasteiger charge is -2.10. The highest BCUT2D eigenvalue weighted by Crippen LogP contribution is 2.08. The normalized spacial score (nSPS) is 10.4. The van der Waals surface area contributed by atoms with Crippen LogP contribution in [0.2, 0.25) is 0 Å². The molecular weight excluding hydrogens is 212 g/mol. The van der Waals surface area contributed by atoms with Gasteiger partial charge in [-0.25, -0.2) is 4.98 Å². The number of fused-ring (bicyclic) bond motifs is 1. The molecule has 1 aromatic heterocycles. The number of nitrogens with zero attached hydrogens (tertiary/aromatic N) is 2. The maximum Gasteiger partial charge on any atom is 0.261 e. The van der Waals surface area contributed by atoms with Crippen LogP contribution >= 0.6 is 0 Å². The van der Waals surface area contributed by atoms with Crippen molar-refractivity contribution in [3.05, 3.63) is 65.8 Å². The first-order valence-corrected chi connectivity index (χ1v) is 5.48. The van der Waals surface area contributed by atoms with E-state index < -0.39 is 0 Å². The highest BCUT2D eigenvalue weighted by atomic mass is 16.1. The SMILES string of the molecule is C=CCc1nc2ccccc2c(=O)n1CC=C. The highest BCUT2D eigenvalue weighted by molar-refractivity contribution is 5.77. The fourth-order valence-corrected chi connectivity index (χ4v) is 1.82. The van der Waals surface area contributed by atoms with Gasteiger partial charge in [0.25, 0.3) is 5.56 Å². The third-order valence-electron chi connectivity index (χ3n) is 2.58. The van der Waals surface area contributed by atoms with Gasteiger partial charge >= 0.3 is 0 Å². The summed E-state index contributed by atoms with van der Waals surface area (Å²) >= 11 is 0. The molecule has 1 aromatic carbocycles. The van der Waals surface area contributed by atoms with Crippen LogP contribution in [0, 0.1) is 0 Å². The summed E-state index contributed by atoms with van der Waals surface area (Å²) in [6.45, 7) is 7.82. The lowest BCUT2D eigenvalue weighted by molar-refractivity contribution is 0.712. The van der Waals surface area contributed by atoms with Gasteiger partial charge in [0.15, 0.2) is 0 Å². The minimum atomic E-state index is -0.0210. The Hall–Kier alpha value is -2.16. The van der Waals surface area contributed by atoms with E-state index in [1.807, 2.05) is 18.2 Å². The van der Waals surface area contributed by atoms with Gasteiger partial charge in [-0.15, -0.1) is 13.2 Å². The summed E-state index contributed by atoms with van der Waals surface area (Å²) in [5.41, 5.74) is 0.710. The van der Waals surface area contributed by atoms with E-state index in [2.05, 4.69) is 18.1 Å². The zero-order valence-electron chi connectivity index (χ0n) is 9.60. The zero-order valence-corrected chi connectivity index (χ0v) is 9.60. The summed E-state index contributed by atoms with van der Waals surface area (Å²) in [4.78, 5) is 16.7. The third-order valence-corrected chi connectivity index (χ3v) is 2.58. The molecule has 3 nitrogen and oxygen atoms in total. The number of para-hydroxylation sites is 1. The standard InChI is InChI=1S/C14H14N2O/c1-3-7-13-15-12-9-6-5-8-11(12)14(17)16(13)10-4-2/h3-6,8-9H,1-2,7,10H2. The lowest BCUT2D eigenvalue weighted by atomic mass is 10.2. The second-order valence-electron chi connectivity index (χ2n) is 3.74. The monoisotopic (exact) mass is 226 g/mol. The summed E-state index contributed by atoms with van der Waals surface area (Å²) in [6, 6.07) is 7.37. The number of hydrogen-bond acceptors (Lipinski definition) is 2. The molecule has 0 radical (unpaired) electrons. The van der Waals surface area contributed by atoms with Crippen LogP contribution in [0.1, 0.15) is 5.82 Å². The van der Waals surface area contributed by atoms with Crippen molar-refractivity contribution in [2.75, 3.05) is 0 Å². The minimum absolute atomic E-state index is 0.0210. The van der Waals surface area contributed by atoms with Crippen molar-refractivity contribution >= 4 is 10.9 Å². The zero-order chi connectivity index (χ0) is 12.3. The molecule has 0 aliphatic heterocycles. The highest BCUT2D eigenvalue weighted by Gasteiger charge is 2.07. The molecule has 0 saturated carbocycles. The topological polar surface area (TPSA) is 34.9 Å². The van der Waals surface area contributed by atoms with Gasteiger partial charge < -0.3 is 0 Å². The molecular formula is C14H14N2O. The molecule has 2 aromatic rings. The molecule has 0 aliphatic carbocycles. The van der Waals surface area contributed by atoms with Crippen molar-refractivity contribution in [3.63, 3.8) is 0 Å². The molecule has 0 fully saturated rings. The van der Waals surface area contributed by atoms with Crippen LogP contribution in [0.15, 0.2) is 54.4 Å². The Kier molecular flexibility index (Phi) is 3.19.